The molecular formula is C15H23N3O2S. The van der Waals surface area contributed by atoms with E-state index in [1.165, 1.54) is 21.7 Å². The van der Waals surface area contributed by atoms with Crippen LogP contribution in [0.25, 0.3) is 0 Å². The molecule has 116 valence electrons. The van der Waals surface area contributed by atoms with Crippen LogP contribution in [0.15, 0.2) is 6.07 Å². The van der Waals surface area contributed by atoms with Crippen LogP contribution in [0.4, 0.5) is 0 Å². The summed E-state index contributed by atoms with van der Waals surface area (Å²) < 4.78 is 0. The lowest BCUT2D eigenvalue weighted by Gasteiger charge is -2.15. The summed E-state index contributed by atoms with van der Waals surface area (Å²) in [4.78, 5) is 26.0. The number of rotatable bonds is 6. The van der Waals surface area contributed by atoms with E-state index in [4.69, 9.17) is 5.73 Å². The molecule has 1 atom stereocenters. The van der Waals surface area contributed by atoms with Gasteiger partial charge in [0.2, 0.25) is 11.8 Å². The van der Waals surface area contributed by atoms with Crippen LogP contribution in [0.1, 0.15) is 35.6 Å². The van der Waals surface area contributed by atoms with Gasteiger partial charge in [0.1, 0.15) is 0 Å². The Bertz CT molecular complexity index is 503. The highest BCUT2D eigenvalue weighted by Gasteiger charge is 2.18. The van der Waals surface area contributed by atoms with Crippen LogP contribution < -0.4 is 16.4 Å². The van der Waals surface area contributed by atoms with E-state index < -0.39 is 6.04 Å². The van der Waals surface area contributed by atoms with E-state index >= 15 is 0 Å². The predicted octanol–water partition coefficient (Wildman–Crippen LogP) is 0.952. The van der Waals surface area contributed by atoms with E-state index in [1.807, 2.05) is 13.8 Å². The molecule has 1 aliphatic rings. The standard InChI is InChI=1S/C15H23N3O2S/c1-9(2)14(16)15(20)18-8-13(19)17-7-11-6-10-4-3-5-12(10)21-11/h6,9,14H,3-5,7-8,16H2,1-2H3,(H,17,19)(H,18,20)/t14-/m0/s1. The van der Waals surface area contributed by atoms with Gasteiger partial charge in [-0.3, -0.25) is 9.59 Å². The molecule has 2 rings (SSSR count). The minimum atomic E-state index is -0.571. The van der Waals surface area contributed by atoms with Crippen LogP contribution in [-0.2, 0) is 29.0 Å². The SMILES string of the molecule is CC(C)[C@H](N)C(=O)NCC(=O)NCc1cc2c(s1)CCC2. The van der Waals surface area contributed by atoms with E-state index in [2.05, 4.69) is 16.7 Å². The largest absolute Gasteiger partial charge is 0.350 e. The maximum atomic E-state index is 11.7. The number of hydrogen-bond acceptors (Lipinski definition) is 4. The second-order valence-electron chi connectivity index (χ2n) is 5.78. The predicted molar refractivity (Wildman–Crippen MR) is 84.0 cm³/mol. The fraction of sp³-hybridized carbons (Fsp3) is 0.600. The Hall–Kier alpha value is -1.40. The Balaban J connectivity index is 1.71. The summed E-state index contributed by atoms with van der Waals surface area (Å²) in [5, 5.41) is 5.39. The average Bonchev–Trinajstić information content (AvgIpc) is 3.02. The molecule has 2 amide bonds. The summed E-state index contributed by atoms with van der Waals surface area (Å²) in [6.45, 7) is 4.26. The number of fused-ring (bicyclic) bond motifs is 1. The second-order valence-corrected chi connectivity index (χ2v) is 7.00. The van der Waals surface area contributed by atoms with E-state index in [-0.39, 0.29) is 24.3 Å². The fourth-order valence-corrected chi connectivity index (χ4v) is 3.51. The van der Waals surface area contributed by atoms with Crippen molar-refractivity contribution in [3.63, 3.8) is 0 Å². The van der Waals surface area contributed by atoms with Gasteiger partial charge in [-0.2, -0.15) is 0 Å². The first-order valence-corrected chi connectivity index (χ1v) is 8.19. The Kier molecular flexibility index (Phi) is 5.36. The van der Waals surface area contributed by atoms with Crippen LogP contribution in [0.3, 0.4) is 0 Å². The molecule has 0 fully saturated rings. The van der Waals surface area contributed by atoms with Crippen molar-refractivity contribution in [2.45, 2.75) is 45.7 Å². The lowest BCUT2D eigenvalue weighted by molar-refractivity contribution is -0.127. The molecule has 1 heterocycles. The first-order valence-electron chi connectivity index (χ1n) is 7.38. The minimum Gasteiger partial charge on any atom is -0.350 e. The molecule has 0 saturated heterocycles. The highest BCUT2D eigenvalue weighted by atomic mass is 32.1. The molecule has 21 heavy (non-hydrogen) atoms. The molecule has 0 spiro atoms. The first kappa shape index (κ1) is 16.0. The van der Waals surface area contributed by atoms with E-state index in [9.17, 15) is 9.59 Å². The third-order valence-corrected chi connectivity index (χ3v) is 4.94. The molecule has 0 unspecified atom stereocenters. The molecule has 0 aromatic carbocycles. The monoisotopic (exact) mass is 309 g/mol. The smallest absolute Gasteiger partial charge is 0.239 e. The van der Waals surface area contributed by atoms with Crippen LogP contribution in [0.2, 0.25) is 0 Å². The number of thiophene rings is 1. The van der Waals surface area contributed by atoms with Crippen LogP contribution in [-0.4, -0.2) is 24.4 Å². The van der Waals surface area contributed by atoms with Gasteiger partial charge in [0.15, 0.2) is 0 Å². The number of aryl methyl sites for hydroxylation is 2. The summed E-state index contributed by atoms with van der Waals surface area (Å²) in [5.41, 5.74) is 7.14. The van der Waals surface area contributed by atoms with Crippen molar-refractivity contribution in [1.29, 1.82) is 0 Å². The summed E-state index contributed by atoms with van der Waals surface area (Å²) >= 11 is 1.78. The highest BCUT2D eigenvalue weighted by Crippen LogP contribution is 2.30. The van der Waals surface area contributed by atoms with Gasteiger partial charge in [0.05, 0.1) is 19.1 Å². The molecule has 4 N–H and O–H groups in total. The molecule has 5 nitrogen and oxygen atoms in total. The molecular weight excluding hydrogens is 286 g/mol. The van der Waals surface area contributed by atoms with Crippen molar-refractivity contribution >= 4 is 23.2 Å². The maximum Gasteiger partial charge on any atom is 0.239 e. The topological polar surface area (TPSA) is 84.2 Å². The Morgan fingerprint density at radius 2 is 2.10 bits per heavy atom. The third-order valence-electron chi connectivity index (χ3n) is 3.70. The van der Waals surface area contributed by atoms with Crippen molar-refractivity contribution in [2.24, 2.45) is 11.7 Å². The molecule has 0 radical (unpaired) electrons. The molecule has 6 heteroatoms. The summed E-state index contributed by atoms with van der Waals surface area (Å²) in [5.74, 6) is -0.412. The van der Waals surface area contributed by atoms with Crippen LogP contribution in [0.5, 0.6) is 0 Å². The summed E-state index contributed by atoms with van der Waals surface area (Å²) in [7, 11) is 0. The molecule has 1 aromatic rings. The molecule has 1 aromatic heterocycles. The number of carbonyl (C=O) groups is 2. The first-order chi connectivity index (χ1) is 9.97. The Morgan fingerprint density at radius 1 is 1.33 bits per heavy atom. The lowest BCUT2D eigenvalue weighted by atomic mass is 10.1. The zero-order chi connectivity index (χ0) is 15.4. The number of amides is 2. The van der Waals surface area contributed by atoms with Gasteiger partial charge in [0, 0.05) is 9.75 Å². The lowest BCUT2D eigenvalue weighted by Crippen LogP contribution is -2.47. The van der Waals surface area contributed by atoms with Gasteiger partial charge in [-0.15, -0.1) is 11.3 Å². The van der Waals surface area contributed by atoms with Crippen molar-refractivity contribution in [3.8, 4) is 0 Å². The normalized spacial score (nSPS) is 14.9. The van der Waals surface area contributed by atoms with Crippen molar-refractivity contribution in [3.05, 3.63) is 21.4 Å². The van der Waals surface area contributed by atoms with Gasteiger partial charge in [-0.05, 0) is 36.8 Å². The van der Waals surface area contributed by atoms with Gasteiger partial charge < -0.3 is 16.4 Å². The third kappa shape index (κ3) is 4.28. The number of carbonyl (C=O) groups excluding carboxylic acids is 2. The van der Waals surface area contributed by atoms with E-state index in [1.54, 1.807) is 11.3 Å². The van der Waals surface area contributed by atoms with E-state index in [0.29, 0.717) is 6.54 Å². The zero-order valence-electron chi connectivity index (χ0n) is 12.6. The van der Waals surface area contributed by atoms with E-state index in [0.717, 1.165) is 12.8 Å². The van der Waals surface area contributed by atoms with Crippen LogP contribution >= 0.6 is 11.3 Å². The quantitative estimate of drug-likeness (QED) is 0.731. The summed E-state index contributed by atoms with van der Waals surface area (Å²) in [6.07, 6.45) is 3.57. The van der Waals surface area contributed by atoms with Crippen molar-refractivity contribution < 1.29 is 9.59 Å². The zero-order valence-corrected chi connectivity index (χ0v) is 13.4. The molecule has 1 aliphatic carbocycles. The van der Waals surface area contributed by atoms with Crippen molar-refractivity contribution in [2.75, 3.05) is 6.54 Å². The minimum absolute atomic E-state index is 0.0235. The molecule has 0 bridgehead atoms. The Morgan fingerprint density at radius 3 is 2.76 bits per heavy atom. The highest BCUT2D eigenvalue weighted by molar-refractivity contribution is 7.12. The fourth-order valence-electron chi connectivity index (χ4n) is 2.31. The second kappa shape index (κ2) is 7.04. The Labute approximate surface area is 129 Å². The number of nitrogens with two attached hydrogens (primary N) is 1. The summed E-state index contributed by atoms with van der Waals surface area (Å²) in [6, 6.07) is 1.61. The van der Waals surface area contributed by atoms with Gasteiger partial charge in [-0.1, -0.05) is 13.8 Å². The number of nitrogens with one attached hydrogen (secondary N) is 2. The van der Waals surface area contributed by atoms with Gasteiger partial charge in [0.25, 0.3) is 0 Å². The number of hydrogen-bond donors (Lipinski definition) is 3. The van der Waals surface area contributed by atoms with Gasteiger partial charge in [-0.25, -0.2) is 0 Å². The average molecular weight is 309 g/mol. The van der Waals surface area contributed by atoms with Gasteiger partial charge >= 0.3 is 0 Å². The van der Waals surface area contributed by atoms with Crippen molar-refractivity contribution in [1.82, 2.24) is 10.6 Å². The van der Waals surface area contributed by atoms with Crippen LogP contribution in [0, 0.1) is 5.92 Å². The molecule has 0 saturated carbocycles. The maximum absolute atomic E-state index is 11.7. The molecule has 0 aliphatic heterocycles.